The number of amides is 1. The van der Waals surface area contributed by atoms with Crippen LogP contribution in [0.2, 0.25) is 0 Å². The molecule has 1 unspecified atom stereocenters. The number of halogens is 3. The summed E-state index contributed by atoms with van der Waals surface area (Å²) < 4.78 is 43.4. The Kier molecular flexibility index (Phi) is 4.60. The predicted molar refractivity (Wildman–Crippen MR) is 71.5 cm³/mol. The molecule has 23 heavy (non-hydrogen) atoms. The van der Waals surface area contributed by atoms with E-state index < -0.39 is 30.0 Å². The number of nitrogens with zero attached hydrogens (tertiary/aromatic N) is 1. The molecule has 0 aromatic heterocycles. The van der Waals surface area contributed by atoms with Gasteiger partial charge in [-0.1, -0.05) is 18.2 Å². The van der Waals surface area contributed by atoms with Crippen molar-refractivity contribution in [1.29, 1.82) is 0 Å². The number of benzene rings is 1. The van der Waals surface area contributed by atoms with Crippen molar-refractivity contribution in [2.75, 3.05) is 6.61 Å². The summed E-state index contributed by atoms with van der Waals surface area (Å²) in [7, 11) is 0. The zero-order valence-corrected chi connectivity index (χ0v) is 11.9. The Morgan fingerprint density at radius 1 is 1.43 bits per heavy atom. The standard InChI is InChI=1S/C14H13F3N2O4/c1-2-23-11(20)7-10(14(15,16)17)18-19-12(21)8-5-3-4-6-9(8)13(19)22/h3-7,12,18,21H,2H2,1H3/b10-7-. The van der Waals surface area contributed by atoms with Crippen LogP contribution in [-0.2, 0) is 9.53 Å². The summed E-state index contributed by atoms with van der Waals surface area (Å²) in [5.74, 6) is -2.06. The number of aliphatic hydroxyl groups excluding tert-OH is 1. The van der Waals surface area contributed by atoms with E-state index in [1.165, 1.54) is 31.2 Å². The van der Waals surface area contributed by atoms with Crippen LogP contribution in [0.15, 0.2) is 36.0 Å². The van der Waals surface area contributed by atoms with Crippen molar-refractivity contribution in [3.05, 3.63) is 47.2 Å². The number of alkyl halides is 3. The smallest absolute Gasteiger partial charge is 0.432 e. The maximum atomic E-state index is 13.0. The van der Waals surface area contributed by atoms with E-state index in [1.807, 2.05) is 0 Å². The van der Waals surface area contributed by atoms with Gasteiger partial charge in [-0.3, -0.25) is 10.2 Å². The molecule has 2 rings (SSSR count). The molecule has 124 valence electrons. The quantitative estimate of drug-likeness (QED) is 0.648. The molecule has 1 amide bonds. The van der Waals surface area contributed by atoms with Crippen LogP contribution in [0.1, 0.15) is 29.1 Å². The van der Waals surface area contributed by atoms with E-state index in [1.54, 1.807) is 5.43 Å². The van der Waals surface area contributed by atoms with Gasteiger partial charge in [0, 0.05) is 11.1 Å². The van der Waals surface area contributed by atoms with Gasteiger partial charge in [-0.25, -0.2) is 9.80 Å². The van der Waals surface area contributed by atoms with Crippen molar-refractivity contribution in [2.45, 2.75) is 19.3 Å². The number of rotatable bonds is 4. The van der Waals surface area contributed by atoms with Gasteiger partial charge in [-0.2, -0.15) is 13.2 Å². The van der Waals surface area contributed by atoms with E-state index in [0.29, 0.717) is 5.01 Å². The Balaban J connectivity index is 2.28. The zero-order chi connectivity index (χ0) is 17.2. The van der Waals surface area contributed by atoms with Gasteiger partial charge in [0.15, 0.2) is 6.23 Å². The fourth-order valence-electron chi connectivity index (χ4n) is 2.02. The second-order valence-corrected chi connectivity index (χ2v) is 4.56. The minimum Gasteiger partial charge on any atom is -0.463 e. The molecule has 1 aromatic carbocycles. The second kappa shape index (κ2) is 6.29. The highest BCUT2D eigenvalue weighted by Gasteiger charge is 2.41. The van der Waals surface area contributed by atoms with E-state index in [0.717, 1.165) is 0 Å². The first-order chi connectivity index (χ1) is 10.8. The number of carbonyl (C=O) groups is 2. The average Bonchev–Trinajstić information content (AvgIpc) is 2.71. The molecule has 0 saturated carbocycles. The van der Waals surface area contributed by atoms with Crippen LogP contribution >= 0.6 is 0 Å². The van der Waals surface area contributed by atoms with E-state index >= 15 is 0 Å². The Hall–Kier alpha value is -2.55. The van der Waals surface area contributed by atoms with Crippen LogP contribution in [0, 0.1) is 0 Å². The number of hydrogen-bond acceptors (Lipinski definition) is 5. The molecular formula is C14H13F3N2O4. The van der Waals surface area contributed by atoms with Gasteiger partial charge in [0.05, 0.1) is 12.7 Å². The van der Waals surface area contributed by atoms with Crippen LogP contribution in [0.25, 0.3) is 0 Å². The van der Waals surface area contributed by atoms with Crippen LogP contribution in [0.5, 0.6) is 0 Å². The minimum absolute atomic E-state index is 0.0742. The van der Waals surface area contributed by atoms with Gasteiger partial charge in [-0.05, 0) is 13.0 Å². The zero-order valence-electron chi connectivity index (χ0n) is 11.9. The lowest BCUT2D eigenvalue weighted by molar-refractivity contribution is -0.139. The lowest BCUT2D eigenvalue weighted by atomic mass is 10.1. The molecule has 0 bridgehead atoms. The molecule has 0 radical (unpaired) electrons. The molecule has 0 saturated heterocycles. The summed E-state index contributed by atoms with van der Waals surface area (Å²) in [6.07, 6.45) is -6.36. The third-order valence-corrected chi connectivity index (χ3v) is 3.03. The number of nitrogens with one attached hydrogen (secondary N) is 1. The number of esters is 1. The summed E-state index contributed by atoms with van der Waals surface area (Å²) >= 11 is 0. The highest BCUT2D eigenvalue weighted by atomic mass is 19.4. The number of allylic oxidation sites excluding steroid dienone is 1. The number of fused-ring (bicyclic) bond motifs is 1. The molecule has 1 atom stereocenters. The maximum absolute atomic E-state index is 13.0. The lowest BCUT2D eigenvalue weighted by Crippen LogP contribution is -2.44. The SMILES string of the molecule is CCOC(=O)/C=C(\NN1C(=O)c2ccccc2C1O)C(F)(F)F. The van der Waals surface area contributed by atoms with Gasteiger partial charge < -0.3 is 9.84 Å². The van der Waals surface area contributed by atoms with Gasteiger partial charge in [-0.15, -0.1) is 0 Å². The first kappa shape index (κ1) is 16.8. The Bertz CT molecular complexity index is 658. The highest BCUT2D eigenvalue weighted by molar-refractivity contribution is 5.98. The van der Waals surface area contributed by atoms with Crippen LogP contribution < -0.4 is 5.43 Å². The third kappa shape index (κ3) is 3.45. The lowest BCUT2D eigenvalue weighted by Gasteiger charge is -2.25. The normalized spacial score (nSPS) is 18.0. The van der Waals surface area contributed by atoms with E-state index in [9.17, 15) is 27.9 Å². The number of hydrogen-bond donors (Lipinski definition) is 2. The molecule has 9 heteroatoms. The van der Waals surface area contributed by atoms with Crippen molar-refractivity contribution in [3.8, 4) is 0 Å². The first-order valence-corrected chi connectivity index (χ1v) is 6.58. The van der Waals surface area contributed by atoms with E-state index in [2.05, 4.69) is 4.74 Å². The van der Waals surface area contributed by atoms with Crippen molar-refractivity contribution in [1.82, 2.24) is 10.4 Å². The highest BCUT2D eigenvalue weighted by Crippen LogP contribution is 2.32. The Morgan fingerprint density at radius 2 is 2.09 bits per heavy atom. The van der Waals surface area contributed by atoms with E-state index in [-0.39, 0.29) is 23.8 Å². The van der Waals surface area contributed by atoms with Crippen molar-refractivity contribution in [2.24, 2.45) is 0 Å². The Morgan fingerprint density at radius 3 is 2.65 bits per heavy atom. The molecule has 1 aliphatic rings. The van der Waals surface area contributed by atoms with E-state index in [4.69, 9.17) is 0 Å². The van der Waals surface area contributed by atoms with Gasteiger partial charge >= 0.3 is 12.1 Å². The molecule has 1 heterocycles. The number of hydrazine groups is 1. The van der Waals surface area contributed by atoms with Crippen LogP contribution in [0.3, 0.4) is 0 Å². The predicted octanol–water partition coefficient (Wildman–Crippen LogP) is 1.65. The van der Waals surface area contributed by atoms with Crippen LogP contribution in [-0.4, -0.2) is 34.8 Å². The first-order valence-electron chi connectivity index (χ1n) is 6.58. The number of aliphatic hydroxyl groups is 1. The van der Waals surface area contributed by atoms with Crippen LogP contribution in [0.4, 0.5) is 13.2 Å². The van der Waals surface area contributed by atoms with Gasteiger partial charge in [0.1, 0.15) is 5.70 Å². The minimum atomic E-state index is -4.94. The largest absolute Gasteiger partial charge is 0.463 e. The van der Waals surface area contributed by atoms with Crippen molar-refractivity contribution in [3.63, 3.8) is 0 Å². The monoisotopic (exact) mass is 330 g/mol. The second-order valence-electron chi connectivity index (χ2n) is 4.56. The number of ether oxygens (including phenoxy) is 1. The molecule has 1 aromatic rings. The third-order valence-electron chi connectivity index (χ3n) is 3.03. The molecular weight excluding hydrogens is 317 g/mol. The summed E-state index contributed by atoms with van der Waals surface area (Å²) in [6.45, 7) is 1.34. The molecule has 6 nitrogen and oxygen atoms in total. The average molecular weight is 330 g/mol. The maximum Gasteiger partial charge on any atom is 0.432 e. The molecule has 0 aliphatic carbocycles. The molecule has 2 N–H and O–H groups in total. The summed E-state index contributed by atoms with van der Waals surface area (Å²) in [4.78, 5) is 23.3. The molecule has 0 fully saturated rings. The fraction of sp³-hybridized carbons (Fsp3) is 0.286. The molecule has 1 aliphatic heterocycles. The fourth-order valence-corrected chi connectivity index (χ4v) is 2.02. The summed E-state index contributed by atoms with van der Waals surface area (Å²) in [5, 5.41) is 10.4. The summed E-state index contributed by atoms with van der Waals surface area (Å²) in [6, 6.07) is 5.86. The summed E-state index contributed by atoms with van der Waals surface area (Å²) in [5.41, 5.74) is 0.487. The van der Waals surface area contributed by atoms with Gasteiger partial charge in [0.2, 0.25) is 0 Å². The Labute approximate surface area is 129 Å². The number of carbonyl (C=O) groups excluding carboxylic acids is 2. The van der Waals surface area contributed by atoms with Gasteiger partial charge in [0.25, 0.3) is 5.91 Å². The van der Waals surface area contributed by atoms with Crippen molar-refractivity contribution < 1.29 is 32.6 Å². The molecule has 0 spiro atoms. The topological polar surface area (TPSA) is 78.9 Å². The van der Waals surface area contributed by atoms with Crippen molar-refractivity contribution >= 4 is 11.9 Å².